The van der Waals surface area contributed by atoms with Crippen LogP contribution >= 0.6 is 15.9 Å². The first-order valence-electron chi connectivity index (χ1n) is 7.08. The van der Waals surface area contributed by atoms with Crippen LogP contribution in [0.4, 0.5) is 5.69 Å². The highest BCUT2D eigenvalue weighted by molar-refractivity contribution is 9.10. The van der Waals surface area contributed by atoms with Crippen LogP contribution < -0.4 is 10.6 Å². The molecule has 0 unspecified atom stereocenters. The molecule has 3 rings (SSSR count). The van der Waals surface area contributed by atoms with Gasteiger partial charge in [-0.2, -0.15) is 0 Å². The summed E-state index contributed by atoms with van der Waals surface area (Å²) in [7, 11) is 0. The number of anilines is 1. The maximum absolute atomic E-state index is 5.90. The van der Waals surface area contributed by atoms with Crippen molar-refractivity contribution in [1.82, 2.24) is 0 Å². The molecule has 0 saturated carbocycles. The second-order valence-corrected chi connectivity index (χ2v) is 6.15. The zero-order valence-electron chi connectivity index (χ0n) is 11.5. The molecule has 1 aliphatic heterocycles. The van der Waals surface area contributed by atoms with E-state index < -0.39 is 0 Å². The Hall–Kier alpha value is -1.32. The molecule has 0 spiro atoms. The van der Waals surface area contributed by atoms with E-state index in [1.807, 2.05) is 0 Å². The molecule has 2 N–H and O–H groups in total. The molecule has 0 saturated heterocycles. The van der Waals surface area contributed by atoms with E-state index in [9.17, 15) is 0 Å². The van der Waals surface area contributed by atoms with Gasteiger partial charge in [0, 0.05) is 29.8 Å². The van der Waals surface area contributed by atoms with Crippen LogP contribution in [0, 0.1) is 0 Å². The molecule has 1 aliphatic rings. The van der Waals surface area contributed by atoms with Crippen LogP contribution in [-0.2, 0) is 19.4 Å². The summed E-state index contributed by atoms with van der Waals surface area (Å²) in [5.74, 6) is 0. The van der Waals surface area contributed by atoms with E-state index in [1.165, 1.54) is 22.4 Å². The third-order valence-corrected chi connectivity index (χ3v) is 4.52. The Bertz CT molecular complexity index is 583. The molecule has 0 atom stereocenters. The molecule has 104 valence electrons. The quantitative estimate of drug-likeness (QED) is 0.912. The van der Waals surface area contributed by atoms with Crippen molar-refractivity contribution >= 4 is 21.6 Å². The smallest absolute Gasteiger partial charge is 0.0412 e. The summed E-state index contributed by atoms with van der Waals surface area (Å²) < 4.78 is 1.10. The predicted molar refractivity (Wildman–Crippen MR) is 88.1 cm³/mol. The van der Waals surface area contributed by atoms with E-state index in [1.54, 1.807) is 0 Å². The highest BCUT2D eigenvalue weighted by atomic mass is 79.9. The first-order valence-corrected chi connectivity index (χ1v) is 7.87. The lowest BCUT2D eigenvalue weighted by atomic mass is 10.0. The van der Waals surface area contributed by atoms with Gasteiger partial charge in [-0.05, 0) is 47.7 Å². The van der Waals surface area contributed by atoms with Gasteiger partial charge in [0.2, 0.25) is 0 Å². The predicted octanol–water partition coefficient (Wildman–Crippen LogP) is 3.51. The lowest BCUT2D eigenvalue weighted by molar-refractivity contribution is 0.797. The largest absolute Gasteiger partial charge is 0.371 e. The number of benzene rings is 2. The van der Waals surface area contributed by atoms with Crippen LogP contribution in [0.5, 0.6) is 0 Å². The Kier molecular flexibility index (Phi) is 4.08. The van der Waals surface area contributed by atoms with Crippen molar-refractivity contribution in [2.45, 2.75) is 19.4 Å². The molecule has 3 heteroatoms. The van der Waals surface area contributed by atoms with Gasteiger partial charge in [0.1, 0.15) is 0 Å². The van der Waals surface area contributed by atoms with Crippen LogP contribution in [0.25, 0.3) is 0 Å². The Labute approximate surface area is 128 Å². The minimum atomic E-state index is 0.582. The summed E-state index contributed by atoms with van der Waals surface area (Å²) in [5, 5.41) is 0. The second-order valence-electron chi connectivity index (χ2n) is 5.23. The highest BCUT2D eigenvalue weighted by Crippen LogP contribution is 2.27. The number of nitrogens with zero attached hydrogens (tertiary/aromatic N) is 1. The van der Waals surface area contributed by atoms with Gasteiger partial charge in [-0.15, -0.1) is 0 Å². The molecule has 2 aromatic carbocycles. The summed E-state index contributed by atoms with van der Waals surface area (Å²) in [6.45, 7) is 2.70. The normalized spacial score (nSPS) is 14.8. The van der Waals surface area contributed by atoms with Gasteiger partial charge in [0.25, 0.3) is 0 Å². The number of hydrogen-bond acceptors (Lipinski definition) is 2. The van der Waals surface area contributed by atoms with Gasteiger partial charge < -0.3 is 10.6 Å². The molecular formula is C17H19BrN2. The zero-order valence-corrected chi connectivity index (χ0v) is 13.1. The fraction of sp³-hybridized carbons (Fsp3) is 0.294. The first-order chi connectivity index (χ1) is 9.78. The molecule has 0 bridgehead atoms. The Morgan fingerprint density at radius 1 is 1.00 bits per heavy atom. The Balaban J connectivity index is 1.87. The number of hydrogen-bond donors (Lipinski definition) is 1. The molecule has 2 aromatic rings. The SMILES string of the molecule is NCc1cc(Br)ccc1N1CCc2ccccc2CC1. The summed E-state index contributed by atoms with van der Waals surface area (Å²) in [6, 6.07) is 15.2. The van der Waals surface area contributed by atoms with Crippen molar-refractivity contribution in [3.8, 4) is 0 Å². The summed E-state index contributed by atoms with van der Waals surface area (Å²) in [4.78, 5) is 2.47. The second kappa shape index (κ2) is 5.98. The number of fused-ring (bicyclic) bond motifs is 1. The Morgan fingerprint density at radius 3 is 2.25 bits per heavy atom. The van der Waals surface area contributed by atoms with Gasteiger partial charge in [-0.25, -0.2) is 0 Å². The van der Waals surface area contributed by atoms with Crippen LogP contribution in [-0.4, -0.2) is 13.1 Å². The summed E-state index contributed by atoms with van der Waals surface area (Å²) >= 11 is 3.53. The van der Waals surface area contributed by atoms with Crippen molar-refractivity contribution in [3.05, 3.63) is 63.6 Å². The van der Waals surface area contributed by atoms with Crippen LogP contribution in [0.15, 0.2) is 46.9 Å². The van der Waals surface area contributed by atoms with E-state index in [4.69, 9.17) is 5.73 Å². The highest BCUT2D eigenvalue weighted by Gasteiger charge is 2.16. The minimum absolute atomic E-state index is 0.582. The summed E-state index contributed by atoms with van der Waals surface area (Å²) in [6.07, 6.45) is 2.21. The van der Waals surface area contributed by atoms with E-state index >= 15 is 0 Å². The van der Waals surface area contributed by atoms with Crippen molar-refractivity contribution in [1.29, 1.82) is 0 Å². The van der Waals surface area contributed by atoms with E-state index in [2.05, 4.69) is 63.3 Å². The average Bonchev–Trinajstić information content (AvgIpc) is 2.70. The van der Waals surface area contributed by atoms with Gasteiger partial charge in [-0.3, -0.25) is 0 Å². The topological polar surface area (TPSA) is 29.3 Å². The number of rotatable bonds is 2. The lowest BCUT2D eigenvalue weighted by Crippen LogP contribution is -2.27. The maximum Gasteiger partial charge on any atom is 0.0412 e. The lowest BCUT2D eigenvalue weighted by Gasteiger charge is -2.25. The maximum atomic E-state index is 5.90. The number of nitrogens with two attached hydrogens (primary N) is 1. The van der Waals surface area contributed by atoms with E-state index in [0.717, 1.165) is 30.4 Å². The monoisotopic (exact) mass is 330 g/mol. The van der Waals surface area contributed by atoms with Crippen LogP contribution in [0.1, 0.15) is 16.7 Å². The van der Waals surface area contributed by atoms with Crippen molar-refractivity contribution < 1.29 is 0 Å². The van der Waals surface area contributed by atoms with Gasteiger partial charge in [0.15, 0.2) is 0 Å². The van der Waals surface area contributed by atoms with Gasteiger partial charge in [-0.1, -0.05) is 40.2 Å². The summed E-state index contributed by atoms with van der Waals surface area (Å²) in [5.41, 5.74) is 11.4. The zero-order chi connectivity index (χ0) is 13.9. The first kappa shape index (κ1) is 13.7. The molecule has 0 amide bonds. The standard InChI is InChI=1S/C17H19BrN2/c18-16-5-6-17(15(11-16)12-19)20-9-7-13-3-1-2-4-14(13)8-10-20/h1-6,11H,7-10,12,19H2. The van der Waals surface area contributed by atoms with Gasteiger partial charge in [0.05, 0.1) is 0 Å². The van der Waals surface area contributed by atoms with Crippen LogP contribution in [0.2, 0.25) is 0 Å². The number of halogens is 1. The average molecular weight is 331 g/mol. The molecule has 0 radical (unpaired) electrons. The minimum Gasteiger partial charge on any atom is -0.371 e. The Morgan fingerprint density at radius 2 is 1.65 bits per heavy atom. The van der Waals surface area contributed by atoms with Crippen molar-refractivity contribution in [2.24, 2.45) is 5.73 Å². The molecular weight excluding hydrogens is 312 g/mol. The molecule has 0 aromatic heterocycles. The molecule has 0 fully saturated rings. The fourth-order valence-corrected chi connectivity index (χ4v) is 3.34. The van der Waals surface area contributed by atoms with E-state index in [0.29, 0.717) is 6.54 Å². The third-order valence-electron chi connectivity index (χ3n) is 4.02. The molecule has 20 heavy (non-hydrogen) atoms. The third kappa shape index (κ3) is 2.74. The van der Waals surface area contributed by atoms with Crippen molar-refractivity contribution in [3.63, 3.8) is 0 Å². The van der Waals surface area contributed by atoms with Crippen molar-refractivity contribution in [2.75, 3.05) is 18.0 Å². The fourth-order valence-electron chi connectivity index (χ4n) is 2.93. The van der Waals surface area contributed by atoms with Crippen LogP contribution in [0.3, 0.4) is 0 Å². The molecule has 1 heterocycles. The molecule has 0 aliphatic carbocycles. The molecule has 2 nitrogen and oxygen atoms in total. The van der Waals surface area contributed by atoms with Gasteiger partial charge >= 0.3 is 0 Å². The van der Waals surface area contributed by atoms with E-state index in [-0.39, 0.29) is 0 Å².